The Morgan fingerprint density at radius 2 is 2.21 bits per heavy atom. The van der Waals surface area contributed by atoms with Gasteiger partial charge in [-0.1, -0.05) is 0 Å². The first-order valence-electron chi connectivity index (χ1n) is 5.76. The number of piperidine rings is 1. The molecule has 0 aromatic carbocycles. The van der Waals surface area contributed by atoms with Crippen LogP contribution in [0.15, 0.2) is 0 Å². The largest absolute Gasteiger partial charge is 0.476 e. The standard InChI is InChI=1S/C10H14F2N2O5/c1-18-5-7-3-2-6-4-13(7)9(17)14(6)19-10(11,12)8(15)16/h6-7H,2-5H2,1H3,(H,15,16)/t6-,7+/m1/s1. The number of nitrogens with zero attached hydrogens (tertiary/aromatic N) is 2. The van der Waals surface area contributed by atoms with Crippen molar-refractivity contribution in [2.45, 2.75) is 31.0 Å². The zero-order valence-corrected chi connectivity index (χ0v) is 10.2. The molecule has 0 aromatic rings. The van der Waals surface area contributed by atoms with Crippen LogP contribution in [0.4, 0.5) is 13.6 Å². The van der Waals surface area contributed by atoms with E-state index in [0.29, 0.717) is 24.5 Å². The number of carboxylic acid groups (broad SMARTS) is 1. The van der Waals surface area contributed by atoms with E-state index in [1.54, 1.807) is 0 Å². The number of carbonyl (C=O) groups excluding carboxylic acids is 1. The SMILES string of the molecule is COC[C@@H]1CC[C@@H]2CN1C(=O)N2OC(F)(F)C(=O)O. The van der Waals surface area contributed by atoms with Crippen LogP contribution in [-0.2, 0) is 14.4 Å². The number of alkyl halides is 2. The average molecular weight is 280 g/mol. The second-order valence-corrected chi connectivity index (χ2v) is 4.51. The zero-order valence-electron chi connectivity index (χ0n) is 10.2. The van der Waals surface area contributed by atoms with Crippen molar-refractivity contribution in [3.63, 3.8) is 0 Å². The van der Waals surface area contributed by atoms with E-state index in [1.165, 1.54) is 12.0 Å². The van der Waals surface area contributed by atoms with Crippen molar-refractivity contribution in [3.05, 3.63) is 0 Å². The summed E-state index contributed by atoms with van der Waals surface area (Å²) in [5.74, 6) is -2.43. The zero-order chi connectivity index (χ0) is 14.2. The number of carboxylic acids is 1. The van der Waals surface area contributed by atoms with Crippen LogP contribution in [-0.4, -0.2) is 65.5 Å². The number of carbonyl (C=O) groups is 2. The highest BCUT2D eigenvalue weighted by Crippen LogP contribution is 2.32. The maximum Gasteiger partial charge on any atom is 0.476 e. The molecule has 0 aromatic heterocycles. The molecule has 2 aliphatic rings. The average Bonchev–Trinajstić information content (AvgIpc) is 2.58. The van der Waals surface area contributed by atoms with Crippen LogP contribution in [0.25, 0.3) is 0 Å². The van der Waals surface area contributed by atoms with E-state index < -0.39 is 24.2 Å². The van der Waals surface area contributed by atoms with Gasteiger partial charge < -0.3 is 14.7 Å². The van der Waals surface area contributed by atoms with Crippen LogP contribution in [0.3, 0.4) is 0 Å². The quantitative estimate of drug-likeness (QED) is 0.793. The fourth-order valence-corrected chi connectivity index (χ4v) is 2.36. The van der Waals surface area contributed by atoms with Gasteiger partial charge in [0.1, 0.15) is 0 Å². The molecule has 2 fully saturated rings. The van der Waals surface area contributed by atoms with Crippen LogP contribution < -0.4 is 0 Å². The third kappa shape index (κ3) is 2.47. The van der Waals surface area contributed by atoms with Gasteiger partial charge in [-0.05, 0) is 12.8 Å². The second-order valence-electron chi connectivity index (χ2n) is 4.51. The summed E-state index contributed by atoms with van der Waals surface area (Å²) in [6, 6.07) is -1.49. The summed E-state index contributed by atoms with van der Waals surface area (Å²) in [5, 5.41) is 8.79. The molecular formula is C10H14F2N2O5. The number of ether oxygens (including phenoxy) is 1. The molecule has 9 heteroatoms. The summed E-state index contributed by atoms with van der Waals surface area (Å²) in [7, 11) is 1.49. The molecule has 108 valence electrons. The van der Waals surface area contributed by atoms with Gasteiger partial charge >= 0.3 is 18.1 Å². The van der Waals surface area contributed by atoms with Crippen molar-refractivity contribution < 1.29 is 33.1 Å². The van der Waals surface area contributed by atoms with Crippen molar-refractivity contribution in [3.8, 4) is 0 Å². The molecule has 2 atom stereocenters. The fraction of sp³-hybridized carbons (Fsp3) is 0.800. The molecule has 1 N–H and O–H groups in total. The molecule has 2 heterocycles. The lowest BCUT2D eigenvalue weighted by Crippen LogP contribution is -2.44. The Morgan fingerprint density at radius 3 is 2.79 bits per heavy atom. The minimum Gasteiger partial charge on any atom is -0.475 e. The van der Waals surface area contributed by atoms with Crippen LogP contribution in [0.2, 0.25) is 0 Å². The number of methoxy groups -OCH3 is 1. The van der Waals surface area contributed by atoms with E-state index in [0.717, 1.165) is 0 Å². The lowest BCUT2D eigenvalue weighted by molar-refractivity contribution is -0.327. The minimum absolute atomic E-state index is 0.194. The highest BCUT2D eigenvalue weighted by molar-refractivity contribution is 5.78. The van der Waals surface area contributed by atoms with Gasteiger partial charge in [-0.15, -0.1) is 0 Å². The van der Waals surface area contributed by atoms with E-state index in [-0.39, 0.29) is 12.6 Å². The first-order chi connectivity index (χ1) is 8.86. The highest BCUT2D eigenvalue weighted by Gasteiger charge is 2.52. The predicted octanol–water partition coefficient (Wildman–Crippen LogP) is 0.510. The Kier molecular flexibility index (Phi) is 3.59. The van der Waals surface area contributed by atoms with E-state index in [2.05, 4.69) is 4.84 Å². The second kappa shape index (κ2) is 4.89. The number of aliphatic carboxylic acids is 1. The molecule has 0 spiro atoms. The summed E-state index contributed by atoms with van der Waals surface area (Å²) in [5.41, 5.74) is 0. The summed E-state index contributed by atoms with van der Waals surface area (Å²) in [6.07, 6.45) is -3.35. The van der Waals surface area contributed by atoms with Gasteiger partial charge in [-0.25, -0.2) is 9.59 Å². The predicted molar refractivity (Wildman–Crippen MR) is 56.3 cm³/mol. The van der Waals surface area contributed by atoms with Crippen molar-refractivity contribution >= 4 is 12.0 Å². The number of amides is 2. The number of hydroxylamine groups is 2. The monoisotopic (exact) mass is 280 g/mol. The first-order valence-corrected chi connectivity index (χ1v) is 5.76. The normalized spacial score (nSPS) is 27.0. The number of urea groups is 1. The molecule has 19 heavy (non-hydrogen) atoms. The first kappa shape index (κ1) is 13.9. The van der Waals surface area contributed by atoms with Crippen molar-refractivity contribution in [2.24, 2.45) is 0 Å². The van der Waals surface area contributed by atoms with Gasteiger partial charge in [-0.2, -0.15) is 18.7 Å². The Labute approximate surface area is 107 Å². The minimum atomic E-state index is -4.41. The maximum atomic E-state index is 13.0. The molecule has 2 bridgehead atoms. The van der Waals surface area contributed by atoms with Crippen LogP contribution >= 0.6 is 0 Å². The fourth-order valence-electron chi connectivity index (χ4n) is 2.36. The van der Waals surface area contributed by atoms with Crippen molar-refractivity contribution in [2.75, 3.05) is 20.3 Å². The summed E-state index contributed by atoms with van der Waals surface area (Å²) in [6.45, 7) is 0.546. The van der Waals surface area contributed by atoms with Crippen molar-refractivity contribution in [1.82, 2.24) is 9.96 Å². The third-order valence-electron chi connectivity index (χ3n) is 3.27. The highest BCUT2D eigenvalue weighted by atomic mass is 19.3. The van der Waals surface area contributed by atoms with Crippen LogP contribution in [0.1, 0.15) is 12.8 Å². The lowest BCUT2D eigenvalue weighted by Gasteiger charge is -2.29. The Morgan fingerprint density at radius 1 is 1.53 bits per heavy atom. The number of hydrogen-bond donors (Lipinski definition) is 1. The Balaban J connectivity index is 2.09. The molecule has 7 nitrogen and oxygen atoms in total. The number of rotatable bonds is 5. The molecular weight excluding hydrogens is 266 g/mol. The molecule has 0 aliphatic carbocycles. The smallest absolute Gasteiger partial charge is 0.475 e. The molecule has 2 aliphatic heterocycles. The van der Waals surface area contributed by atoms with E-state index in [9.17, 15) is 18.4 Å². The van der Waals surface area contributed by atoms with Gasteiger partial charge in [0.25, 0.3) is 0 Å². The number of hydrogen-bond acceptors (Lipinski definition) is 4. The van der Waals surface area contributed by atoms with Crippen LogP contribution in [0, 0.1) is 0 Å². The number of fused-ring (bicyclic) bond motifs is 2. The van der Waals surface area contributed by atoms with E-state index in [4.69, 9.17) is 9.84 Å². The van der Waals surface area contributed by atoms with Crippen LogP contribution in [0.5, 0.6) is 0 Å². The maximum absolute atomic E-state index is 13.0. The Bertz CT molecular complexity index is 392. The summed E-state index contributed by atoms with van der Waals surface area (Å²) >= 11 is 0. The van der Waals surface area contributed by atoms with Gasteiger partial charge in [0.05, 0.1) is 18.7 Å². The summed E-state index contributed by atoms with van der Waals surface area (Å²) in [4.78, 5) is 27.7. The molecule has 0 unspecified atom stereocenters. The Hall–Kier alpha value is -1.48. The third-order valence-corrected chi connectivity index (χ3v) is 3.27. The topological polar surface area (TPSA) is 79.3 Å². The van der Waals surface area contributed by atoms with E-state index >= 15 is 0 Å². The van der Waals surface area contributed by atoms with Gasteiger partial charge in [0, 0.05) is 13.7 Å². The number of halogens is 2. The van der Waals surface area contributed by atoms with Gasteiger partial charge in [-0.3, -0.25) is 0 Å². The molecule has 2 rings (SSSR count). The molecule has 0 radical (unpaired) electrons. The molecule has 2 amide bonds. The lowest BCUT2D eigenvalue weighted by atomic mass is 10.0. The van der Waals surface area contributed by atoms with Gasteiger partial charge in [0.2, 0.25) is 0 Å². The molecule has 2 saturated heterocycles. The van der Waals surface area contributed by atoms with E-state index in [1.807, 2.05) is 0 Å². The van der Waals surface area contributed by atoms with Gasteiger partial charge in [0.15, 0.2) is 0 Å². The van der Waals surface area contributed by atoms with Crippen molar-refractivity contribution in [1.29, 1.82) is 0 Å². The molecule has 0 saturated carbocycles. The summed E-state index contributed by atoms with van der Waals surface area (Å²) < 4.78 is 31.0.